The molecule has 26 heavy (non-hydrogen) atoms. The number of unbranched alkanes of at least 4 members (excludes halogenated alkanes) is 1. The standard InChI is InChI=1S/C16H20N4O5S/c1-3-4-7-17-16-19-15(22)13(26-16)9-14(21)18-11-6-5-10(25-2)8-12(11)20(23)24/h5-6,8,13H,3-4,7,9H2,1-2H3,(H,18,21)(H,17,19,22). The zero-order chi connectivity index (χ0) is 19.1. The van der Waals surface area contributed by atoms with Gasteiger partial charge in [0.25, 0.3) is 5.69 Å². The van der Waals surface area contributed by atoms with Crippen LogP contribution in [0.15, 0.2) is 23.2 Å². The van der Waals surface area contributed by atoms with E-state index in [-0.39, 0.29) is 23.7 Å². The molecule has 0 aliphatic carbocycles. The fraction of sp³-hybridized carbons (Fsp3) is 0.438. The summed E-state index contributed by atoms with van der Waals surface area (Å²) in [6, 6.07) is 4.14. The number of hydrogen-bond donors (Lipinski definition) is 2. The Kier molecular flexibility index (Phi) is 6.96. The van der Waals surface area contributed by atoms with Crippen molar-refractivity contribution in [2.24, 2.45) is 4.99 Å². The normalized spacial score (nSPS) is 17.8. The second-order valence-electron chi connectivity index (χ2n) is 5.53. The third-order valence-electron chi connectivity index (χ3n) is 3.59. The zero-order valence-electron chi connectivity index (χ0n) is 14.5. The van der Waals surface area contributed by atoms with E-state index in [4.69, 9.17) is 4.74 Å². The molecule has 9 nitrogen and oxygen atoms in total. The lowest BCUT2D eigenvalue weighted by Crippen LogP contribution is -2.28. The molecule has 2 amide bonds. The Hall–Kier alpha value is -2.62. The first kappa shape index (κ1) is 19.7. The molecule has 1 heterocycles. The van der Waals surface area contributed by atoms with E-state index >= 15 is 0 Å². The van der Waals surface area contributed by atoms with Gasteiger partial charge in [-0.1, -0.05) is 25.1 Å². The summed E-state index contributed by atoms with van der Waals surface area (Å²) in [4.78, 5) is 39.0. The lowest BCUT2D eigenvalue weighted by Gasteiger charge is -2.09. The van der Waals surface area contributed by atoms with Crippen molar-refractivity contribution in [1.29, 1.82) is 0 Å². The number of amides is 2. The van der Waals surface area contributed by atoms with Gasteiger partial charge in [0.15, 0.2) is 5.17 Å². The fourth-order valence-electron chi connectivity index (χ4n) is 2.22. The Balaban J connectivity index is 2.00. The molecule has 1 aromatic rings. The molecule has 1 aliphatic heterocycles. The molecule has 140 valence electrons. The second-order valence-corrected chi connectivity index (χ2v) is 6.72. The number of amidine groups is 1. The monoisotopic (exact) mass is 380 g/mol. The second kappa shape index (κ2) is 9.18. The maximum absolute atomic E-state index is 12.2. The van der Waals surface area contributed by atoms with Crippen molar-refractivity contribution in [1.82, 2.24) is 5.32 Å². The lowest BCUT2D eigenvalue weighted by atomic mass is 10.2. The average Bonchev–Trinajstić information content (AvgIpc) is 2.94. The van der Waals surface area contributed by atoms with Gasteiger partial charge in [0.05, 0.1) is 18.1 Å². The molecular weight excluding hydrogens is 360 g/mol. The molecule has 1 fully saturated rings. The van der Waals surface area contributed by atoms with E-state index in [1.807, 2.05) is 6.92 Å². The van der Waals surface area contributed by atoms with Gasteiger partial charge in [-0.25, -0.2) is 0 Å². The molecule has 0 radical (unpaired) electrons. The van der Waals surface area contributed by atoms with E-state index in [1.54, 1.807) is 0 Å². The molecule has 1 unspecified atom stereocenters. The highest BCUT2D eigenvalue weighted by atomic mass is 32.2. The van der Waals surface area contributed by atoms with E-state index in [1.165, 1.54) is 37.1 Å². The highest BCUT2D eigenvalue weighted by Gasteiger charge is 2.32. The van der Waals surface area contributed by atoms with Crippen molar-refractivity contribution in [2.75, 3.05) is 19.0 Å². The highest BCUT2D eigenvalue weighted by Crippen LogP contribution is 2.30. The Morgan fingerprint density at radius 1 is 1.50 bits per heavy atom. The number of methoxy groups -OCH3 is 1. The number of rotatable bonds is 8. The third-order valence-corrected chi connectivity index (χ3v) is 4.71. The summed E-state index contributed by atoms with van der Waals surface area (Å²) in [7, 11) is 1.40. The maximum atomic E-state index is 12.2. The van der Waals surface area contributed by atoms with E-state index in [0.717, 1.165) is 12.8 Å². The van der Waals surface area contributed by atoms with Crippen molar-refractivity contribution in [2.45, 2.75) is 31.4 Å². The van der Waals surface area contributed by atoms with Gasteiger partial charge < -0.3 is 15.4 Å². The number of benzene rings is 1. The molecule has 2 rings (SSSR count). The molecular formula is C16H20N4O5S. The minimum Gasteiger partial charge on any atom is -0.496 e. The van der Waals surface area contributed by atoms with Crippen molar-refractivity contribution < 1.29 is 19.2 Å². The highest BCUT2D eigenvalue weighted by molar-refractivity contribution is 8.15. The number of ether oxygens (including phenoxy) is 1. The van der Waals surface area contributed by atoms with Crippen LogP contribution in [-0.2, 0) is 9.59 Å². The van der Waals surface area contributed by atoms with Gasteiger partial charge in [-0.2, -0.15) is 0 Å². The quantitative estimate of drug-likeness (QED) is 0.405. The Morgan fingerprint density at radius 2 is 2.27 bits per heavy atom. The summed E-state index contributed by atoms with van der Waals surface area (Å²) in [6.45, 7) is 2.67. The predicted molar refractivity (Wildman–Crippen MR) is 99.6 cm³/mol. The number of hydrogen-bond acceptors (Lipinski definition) is 7. The number of nitrogens with one attached hydrogen (secondary N) is 2. The molecule has 1 atom stereocenters. The third kappa shape index (κ3) is 5.19. The minimum atomic E-state index is -0.604. The van der Waals surface area contributed by atoms with Crippen LogP contribution in [0.1, 0.15) is 26.2 Å². The first-order valence-electron chi connectivity index (χ1n) is 8.08. The summed E-state index contributed by atoms with van der Waals surface area (Å²) in [5, 5.41) is 16.2. The fourth-order valence-corrected chi connectivity index (χ4v) is 3.21. The van der Waals surface area contributed by atoms with Crippen molar-refractivity contribution in [3.63, 3.8) is 0 Å². The Bertz CT molecular complexity index is 737. The number of carbonyl (C=O) groups is 2. The molecule has 1 saturated heterocycles. The van der Waals surface area contributed by atoms with E-state index in [2.05, 4.69) is 15.6 Å². The van der Waals surface area contributed by atoms with Crippen molar-refractivity contribution >= 4 is 40.1 Å². The zero-order valence-corrected chi connectivity index (χ0v) is 15.3. The van der Waals surface area contributed by atoms with E-state index in [0.29, 0.717) is 17.5 Å². The largest absolute Gasteiger partial charge is 0.496 e. The van der Waals surface area contributed by atoms with Gasteiger partial charge in [0.1, 0.15) is 16.7 Å². The van der Waals surface area contributed by atoms with Crippen LogP contribution < -0.4 is 15.4 Å². The van der Waals surface area contributed by atoms with Crippen LogP contribution in [0.25, 0.3) is 0 Å². The number of thioether (sulfide) groups is 1. The van der Waals surface area contributed by atoms with Crippen LogP contribution in [0.3, 0.4) is 0 Å². The van der Waals surface area contributed by atoms with E-state index in [9.17, 15) is 19.7 Å². The van der Waals surface area contributed by atoms with Crippen molar-refractivity contribution in [3.05, 3.63) is 28.3 Å². The summed E-state index contributed by atoms with van der Waals surface area (Å²) in [5.41, 5.74) is -0.218. The van der Waals surface area contributed by atoms with Crippen LogP contribution in [0.4, 0.5) is 11.4 Å². The Morgan fingerprint density at radius 3 is 2.92 bits per heavy atom. The minimum absolute atomic E-state index is 0.0565. The van der Waals surface area contributed by atoms with Crippen molar-refractivity contribution in [3.8, 4) is 5.75 Å². The van der Waals surface area contributed by atoms with Crippen LogP contribution in [0.2, 0.25) is 0 Å². The number of aliphatic imine (C=N–C) groups is 1. The summed E-state index contributed by atoms with van der Waals surface area (Å²) in [5.74, 6) is -0.460. The summed E-state index contributed by atoms with van der Waals surface area (Å²) < 4.78 is 4.95. The summed E-state index contributed by atoms with van der Waals surface area (Å²) in [6.07, 6.45) is 1.82. The molecule has 0 bridgehead atoms. The molecule has 2 N–H and O–H groups in total. The van der Waals surface area contributed by atoms with Gasteiger partial charge >= 0.3 is 0 Å². The van der Waals surface area contributed by atoms with Crippen LogP contribution in [0, 0.1) is 10.1 Å². The lowest BCUT2D eigenvalue weighted by molar-refractivity contribution is -0.384. The molecule has 1 aliphatic rings. The molecule has 0 aromatic heterocycles. The number of nitrogens with zero attached hydrogens (tertiary/aromatic N) is 2. The number of anilines is 1. The van der Waals surface area contributed by atoms with Gasteiger partial charge in [-0.05, 0) is 18.6 Å². The molecule has 0 saturated carbocycles. The first-order valence-corrected chi connectivity index (χ1v) is 8.96. The van der Waals surface area contributed by atoms with Gasteiger partial charge in [-0.15, -0.1) is 0 Å². The number of nitro groups is 1. The van der Waals surface area contributed by atoms with Crippen LogP contribution in [0.5, 0.6) is 5.75 Å². The smallest absolute Gasteiger partial charge is 0.296 e. The van der Waals surface area contributed by atoms with Crippen LogP contribution >= 0.6 is 11.8 Å². The van der Waals surface area contributed by atoms with E-state index < -0.39 is 16.1 Å². The van der Waals surface area contributed by atoms with Gasteiger partial charge in [-0.3, -0.25) is 24.7 Å². The van der Waals surface area contributed by atoms with Crippen LogP contribution in [-0.4, -0.2) is 40.8 Å². The van der Waals surface area contributed by atoms with Gasteiger partial charge in [0.2, 0.25) is 11.8 Å². The average molecular weight is 380 g/mol. The maximum Gasteiger partial charge on any atom is 0.296 e. The molecule has 0 spiro atoms. The SMILES string of the molecule is CCCCN=C1NC(=O)C(CC(=O)Nc2ccc(OC)cc2[N+](=O)[O-])S1. The number of nitro benzene ring substituents is 1. The topological polar surface area (TPSA) is 123 Å². The molecule has 10 heteroatoms. The Labute approximate surface area is 154 Å². The summed E-state index contributed by atoms with van der Waals surface area (Å²) >= 11 is 1.20. The van der Waals surface area contributed by atoms with Gasteiger partial charge in [0, 0.05) is 13.0 Å². The number of carbonyl (C=O) groups excluding carboxylic acids is 2. The first-order chi connectivity index (χ1) is 12.4. The molecule has 1 aromatic carbocycles. The predicted octanol–water partition coefficient (Wildman–Crippen LogP) is 2.32.